The number of fused-ring (bicyclic) bond motifs is 1. The molecule has 0 aliphatic carbocycles. The summed E-state index contributed by atoms with van der Waals surface area (Å²) in [5, 5.41) is 0. The van der Waals surface area contributed by atoms with E-state index in [-0.39, 0.29) is 17.9 Å². The molecule has 4 nitrogen and oxygen atoms in total. The van der Waals surface area contributed by atoms with Crippen LogP contribution in [-0.4, -0.2) is 25.2 Å². The standard InChI is InChI=1S/C29H23NO3/c31-29-28(24-13-7-8-14-26(24)30(29)22-11-5-2-6-12-22)21-15-16-27(33-19-23-18-32-23)25(17-21)20-9-3-1-4-10-20/h1-17,23,28H,18-19H2. The first-order valence-electron chi connectivity index (χ1n) is 11.2. The van der Waals surface area contributed by atoms with Gasteiger partial charge in [0.05, 0.1) is 18.2 Å². The molecule has 2 heterocycles. The summed E-state index contributed by atoms with van der Waals surface area (Å²) in [6.45, 7) is 1.29. The van der Waals surface area contributed by atoms with Gasteiger partial charge in [0.15, 0.2) is 0 Å². The Kier molecular flexibility index (Phi) is 4.93. The third-order valence-electron chi connectivity index (χ3n) is 6.22. The lowest BCUT2D eigenvalue weighted by molar-refractivity contribution is -0.117. The van der Waals surface area contributed by atoms with Crippen LogP contribution in [0.4, 0.5) is 11.4 Å². The molecule has 0 aromatic heterocycles. The molecule has 162 valence electrons. The maximum absolute atomic E-state index is 13.8. The van der Waals surface area contributed by atoms with Crippen LogP contribution in [0, 0.1) is 0 Å². The van der Waals surface area contributed by atoms with Crippen molar-refractivity contribution in [2.24, 2.45) is 0 Å². The van der Waals surface area contributed by atoms with Gasteiger partial charge in [-0.05, 0) is 47.0 Å². The van der Waals surface area contributed by atoms with Crippen LogP contribution in [0.1, 0.15) is 17.0 Å². The second-order valence-corrected chi connectivity index (χ2v) is 8.39. The van der Waals surface area contributed by atoms with Crippen LogP contribution in [-0.2, 0) is 9.53 Å². The normalized spacial score (nSPS) is 18.8. The van der Waals surface area contributed by atoms with Gasteiger partial charge in [-0.25, -0.2) is 0 Å². The summed E-state index contributed by atoms with van der Waals surface area (Å²) < 4.78 is 11.4. The van der Waals surface area contributed by atoms with Gasteiger partial charge in [0.1, 0.15) is 18.5 Å². The largest absolute Gasteiger partial charge is 0.490 e. The summed E-state index contributed by atoms with van der Waals surface area (Å²) in [7, 11) is 0. The minimum absolute atomic E-state index is 0.0569. The quantitative estimate of drug-likeness (QED) is 0.353. The fourth-order valence-corrected chi connectivity index (χ4v) is 4.52. The van der Waals surface area contributed by atoms with Gasteiger partial charge in [-0.2, -0.15) is 0 Å². The predicted molar refractivity (Wildman–Crippen MR) is 129 cm³/mol. The second kappa shape index (κ2) is 8.23. The predicted octanol–water partition coefficient (Wildman–Crippen LogP) is 5.94. The first-order valence-corrected chi connectivity index (χ1v) is 11.2. The van der Waals surface area contributed by atoms with Gasteiger partial charge < -0.3 is 9.47 Å². The van der Waals surface area contributed by atoms with E-state index in [0.29, 0.717) is 6.61 Å². The lowest BCUT2D eigenvalue weighted by Crippen LogP contribution is -2.24. The molecule has 0 spiro atoms. The molecule has 1 saturated heterocycles. The minimum Gasteiger partial charge on any atom is -0.490 e. The van der Waals surface area contributed by atoms with Crippen LogP contribution in [0.5, 0.6) is 5.75 Å². The van der Waals surface area contributed by atoms with Crippen molar-refractivity contribution in [2.75, 3.05) is 18.1 Å². The number of amides is 1. The van der Waals surface area contributed by atoms with E-state index < -0.39 is 0 Å². The van der Waals surface area contributed by atoms with Gasteiger partial charge in [-0.3, -0.25) is 9.69 Å². The number of ether oxygens (including phenoxy) is 2. The number of nitrogens with zero attached hydrogens (tertiary/aromatic N) is 1. The monoisotopic (exact) mass is 433 g/mol. The van der Waals surface area contributed by atoms with Gasteiger partial charge >= 0.3 is 0 Å². The maximum atomic E-state index is 13.8. The highest BCUT2D eigenvalue weighted by Gasteiger charge is 2.39. The van der Waals surface area contributed by atoms with Crippen molar-refractivity contribution in [1.29, 1.82) is 0 Å². The maximum Gasteiger partial charge on any atom is 0.243 e. The number of hydrogen-bond acceptors (Lipinski definition) is 3. The first-order chi connectivity index (χ1) is 16.3. The Morgan fingerprint density at radius 2 is 1.55 bits per heavy atom. The molecule has 6 rings (SSSR count). The van der Waals surface area contributed by atoms with Crippen LogP contribution in [0.3, 0.4) is 0 Å². The van der Waals surface area contributed by atoms with Gasteiger partial charge in [0.2, 0.25) is 5.91 Å². The molecule has 0 N–H and O–H groups in total. The summed E-state index contributed by atoms with van der Waals surface area (Å²) in [6, 6.07) is 34.2. The molecule has 2 aliphatic heterocycles. The number of carbonyl (C=O) groups excluding carboxylic acids is 1. The zero-order valence-electron chi connectivity index (χ0n) is 18.1. The molecular formula is C29H23NO3. The molecular weight excluding hydrogens is 410 g/mol. The van der Waals surface area contributed by atoms with E-state index in [1.807, 2.05) is 83.8 Å². The topological polar surface area (TPSA) is 42.1 Å². The fourth-order valence-electron chi connectivity index (χ4n) is 4.52. The Bertz CT molecular complexity index is 1300. The fraction of sp³-hybridized carbons (Fsp3) is 0.138. The van der Waals surface area contributed by atoms with Crippen molar-refractivity contribution in [3.8, 4) is 16.9 Å². The smallest absolute Gasteiger partial charge is 0.243 e. The molecule has 2 atom stereocenters. The van der Waals surface area contributed by atoms with Crippen molar-refractivity contribution in [3.63, 3.8) is 0 Å². The number of hydrogen-bond donors (Lipinski definition) is 0. The molecule has 2 unspecified atom stereocenters. The minimum atomic E-state index is -0.371. The Morgan fingerprint density at radius 1 is 0.848 bits per heavy atom. The summed E-state index contributed by atoms with van der Waals surface area (Å²) in [4.78, 5) is 15.6. The van der Waals surface area contributed by atoms with Crippen LogP contribution < -0.4 is 9.64 Å². The summed E-state index contributed by atoms with van der Waals surface area (Å²) in [5.74, 6) is 0.491. The Hall–Kier alpha value is -3.89. The van der Waals surface area contributed by atoms with Crippen molar-refractivity contribution in [1.82, 2.24) is 0 Å². The van der Waals surface area contributed by atoms with Gasteiger partial charge in [0.25, 0.3) is 0 Å². The van der Waals surface area contributed by atoms with Gasteiger partial charge in [-0.1, -0.05) is 72.8 Å². The molecule has 1 amide bonds. The van der Waals surface area contributed by atoms with Crippen LogP contribution >= 0.6 is 0 Å². The highest BCUT2D eigenvalue weighted by atomic mass is 16.6. The Labute approximate surface area is 193 Å². The average Bonchev–Trinajstić information content (AvgIpc) is 3.65. The van der Waals surface area contributed by atoms with Crippen LogP contribution in [0.2, 0.25) is 0 Å². The summed E-state index contributed by atoms with van der Waals surface area (Å²) >= 11 is 0. The van der Waals surface area contributed by atoms with Crippen molar-refractivity contribution >= 4 is 17.3 Å². The number of anilines is 2. The number of epoxide rings is 1. The third kappa shape index (κ3) is 3.69. The molecule has 4 aromatic carbocycles. The molecule has 0 saturated carbocycles. The summed E-state index contributed by atoms with van der Waals surface area (Å²) in [6.07, 6.45) is 0.177. The van der Waals surface area contributed by atoms with E-state index in [2.05, 4.69) is 24.3 Å². The van der Waals surface area contributed by atoms with E-state index in [1.165, 1.54) is 0 Å². The van der Waals surface area contributed by atoms with Gasteiger partial charge in [0, 0.05) is 11.3 Å². The van der Waals surface area contributed by atoms with Crippen LogP contribution in [0.25, 0.3) is 11.1 Å². The van der Waals surface area contributed by atoms with Crippen molar-refractivity contribution in [2.45, 2.75) is 12.0 Å². The second-order valence-electron chi connectivity index (χ2n) is 8.39. The van der Waals surface area contributed by atoms with Gasteiger partial charge in [-0.15, -0.1) is 0 Å². The Balaban J connectivity index is 1.44. The Morgan fingerprint density at radius 3 is 2.30 bits per heavy atom. The number of benzene rings is 4. The number of rotatable bonds is 6. The zero-order valence-corrected chi connectivity index (χ0v) is 18.1. The zero-order chi connectivity index (χ0) is 22.2. The lowest BCUT2D eigenvalue weighted by atomic mass is 9.90. The molecule has 0 radical (unpaired) electrons. The molecule has 0 bridgehead atoms. The molecule has 2 aliphatic rings. The van der Waals surface area contributed by atoms with E-state index in [1.54, 1.807) is 0 Å². The number of para-hydroxylation sites is 2. The van der Waals surface area contributed by atoms with Crippen molar-refractivity contribution in [3.05, 3.63) is 114 Å². The van der Waals surface area contributed by atoms with Crippen LogP contribution in [0.15, 0.2) is 103 Å². The molecule has 4 aromatic rings. The third-order valence-corrected chi connectivity index (χ3v) is 6.22. The first kappa shape index (κ1) is 19.8. The molecule has 1 fully saturated rings. The number of carbonyl (C=O) groups is 1. The van der Waals surface area contributed by atoms with E-state index >= 15 is 0 Å². The average molecular weight is 434 g/mol. The van der Waals surface area contributed by atoms with E-state index in [0.717, 1.165) is 46.0 Å². The highest BCUT2D eigenvalue weighted by molar-refractivity contribution is 6.12. The lowest BCUT2D eigenvalue weighted by Gasteiger charge is -2.19. The highest BCUT2D eigenvalue weighted by Crippen LogP contribution is 2.46. The summed E-state index contributed by atoms with van der Waals surface area (Å²) in [5.41, 5.74) is 5.84. The SMILES string of the molecule is O=C1C(c2ccc(OCC3CO3)c(-c3ccccc3)c2)c2ccccc2N1c1ccccc1. The molecule has 33 heavy (non-hydrogen) atoms. The van der Waals surface area contributed by atoms with E-state index in [9.17, 15) is 4.79 Å². The van der Waals surface area contributed by atoms with E-state index in [4.69, 9.17) is 9.47 Å². The van der Waals surface area contributed by atoms with Crippen molar-refractivity contribution < 1.29 is 14.3 Å². The molecule has 4 heteroatoms.